The van der Waals surface area contributed by atoms with Crippen LogP contribution in [-0.4, -0.2) is 57.2 Å². The Kier molecular flexibility index (Phi) is 8.92. The second-order valence-electron chi connectivity index (χ2n) is 6.67. The highest BCUT2D eigenvalue weighted by molar-refractivity contribution is 7.98. The van der Waals surface area contributed by atoms with Crippen molar-refractivity contribution in [1.29, 1.82) is 0 Å². The molecule has 0 atom stereocenters. The van der Waals surface area contributed by atoms with Crippen LogP contribution in [0.25, 0.3) is 0 Å². The van der Waals surface area contributed by atoms with Gasteiger partial charge in [-0.2, -0.15) is 16.1 Å². The van der Waals surface area contributed by atoms with Crippen molar-refractivity contribution in [1.82, 2.24) is 9.62 Å². The van der Waals surface area contributed by atoms with Gasteiger partial charge >= 0.3 is 0 Å². The smallest absolute Gasteiger partial charge is 0.252 e. The molecule has 0 aromatic heterocycles. The minimum atomic E-state index is -3.72. The zero-order valence-electron chi connectivity index (χ0n) is 16.4. The molecule has 1 aliphatic rings. The quantitative estimate of drug-likeness (QED) is 0.521. The van der Waals surface area contributed by atoms with E-state index in [0.717, 1.165) is 5.56 Å². The molecule has 0 radical (unpaired) electrons. The monoisotopic (exact) mass is 522 g/mol. The molecule has 2 aromatic carbocycles. The van der Waals surface area contributed by atoms with E-state index in [1.807, 2.05) is 0 Å². The average molecular weight is 524 g/mol. The fraction of sp³-hybridized carbons (Fsp3) is 0.350. The molecule has 1 aliphatic heterocycles. The van der Waals surface area contributed by atoms with Crippen molar-refractivity contribution in [2.75, 3.05) is 38.6 Å². The molecule has 1 heterocycles. The van der Waals surface area contributed by atoms with Crippen LogP contribution in [0.1, 0.15) is 15.9 Å². The fourth-order valence-electron chi connectivity index (χ4n) is 2.95. The van der Waals surface area contributed by atoms with Gasteiger partial charge in [0, 0.05) is 41.2 Å². The molecular weight excluding hydrogens is 503 g/mol. The molecule has 3 rings (SSSR count). The minimum Gasteiger partial charge on any atom is -0.379 e. The number of carbonyl (C=O) groups excluding carboxylic acids is 1. The van der Waals surface area contributed by atoms with E-state index in [-0.39, 0.29) is 28.6 Å². The van der Waals surface area contributed by atoms with Crippen LogP contribution in [-0.2, 0) is 20.5 Å². The number of nitrogens with one attached hydrogen (secondary N) is 1. The van der Waals surface area contributed by atoms with E-state index >= 15 is 0 Å². The highest BCUT2D eigenvalue weighted by atomic mass is 35.5. The maximum absolute atomic E-state index is 12.8. The summed E-state index contributed by atoms with van der Waals surface area (Å²) in [6, 6.07) is 9.51. The lowest BCUT2D eigenvalue weighted by atomic mass is 10.2. The summed E-state index contributed by atoms with van der Waals surface area (Å²) in [5.74, 6) is 0.805. The Morgan fingerprint density at radius 2 is 1.74 bits per heavy atom. The Bertz CT molecular complexity index is 1020. The van der Waals surface area contributed by atoms with Gasteiger partial charge in [0.25, 0.3) is 5.91 Å². The van der Waals surface area contributed by atoms with Crippen LogP contribution in [0.2, 0.25) is 15.1 Å². The second-order valence-corrected chi connectivity index (χ2v) is 10.9. The van der Waals surface area contributed by atoms with E-state index in [9.17, 15) is 13.2 Å². The predicted octanol–water partition coefficient (Wildman–Crippen LogP) is 4.33. The third-order valence-electron chi connectivity index (χ3n) is 4.63. The van der Waals surface area contributed by atoms with Crippen LogP contribution in [0.4, 0.5) is 0 Å². The van der Waals surface area contributed by atoms with Crippen molar-refractivity contribution >= 4 is 62.5 Å². The van der Waals surface area contributed by atoms with Gasteiger partial charge in [-0.25, -0.2) is 8.42 Å². The van der Waals surface area contributed by atoms with Crippen molar-refractivity contribution in [3.05, 3.63) is 62.6 Å². The lowest BCUT2D eigenvalue weighted by Crippen LogP contribution is -2.40. The van der Waals surface area contributed by atoms with E-state index in [4.69, 9.17) is 39.5 Å². The molecule has 1 N–H and O–H groups in total. The fourth-order valence-corrected chi connectivity index (χ4v) is 6.18. The standard InChI is InChI=1S/C20H21Cl3N2O4S2/c21-17-2-1-3-18(22)16(17)13-30-11-6-24-20(26)15-12-14(4-5-19(15)23)31(27,28)25-7-9-29-10-8-25/h1-5,12H,6-11,13H2,(H,24,26). The van der Waals surface area contributed by atoms with Gasteiger partial charge in [-0.15, -0.1) is 0 Å². The van der Waals surface area contributed by atoms with Gasteiger partial charge in [-0.05, 0) is 35.9 Å². The van der Waals surface area contributed by atoms with Gasteiger partial charge in [-0.1, -0.05) is 40.9 Å². The Labute approximate surface area is 201 Å². The van der Waals surface area contributed by atoms with E-state index in [1.165, 1.54) is 22.5 Å². The Balaban J connectivity index is 1.58. The molecule has 1 amide bonds. The number of rotatable bonds is 8. The van der Waals surface area contributed by atoms with Gasteiger partial charge < -0.3 is 10.1 Å². The Morgan fingerprint density at radius 1 is 1.06 bits per heavy atom. The van der Waals surface area contributed by atoms with Gasteiger partial charge in [0.2, 0.25) is 10.0 Å². The third-order valence-corrected chi connectivity index (χ3v) is 8.55. The first kappa shape index (κ1) is 24.6. The molecule has 1 fully saturated rings. The zero-order valence-corrected chi connectivity index (χ0v) is 20.3. The van der Waals surface area contributed by atoms with Crippen LogP contribution >= 0.6 is 46.6 Å². The molecule has 0 unspecified atom stereocenters. The van der Waals surface area contributed by atoms with E-state index in [2.05, 4.69) is 5.32 Å². The summed E-state index contributed by atoms with van der Waals surface area (Å²) in [4.78, 5) is 12.6. The van der Waals surface area contributed by atoms with Gasteiger partial charge in [0.15, 0.2) is 0 Å². The van der Waals surface area contributed by atoms with Crippen molar-refractivity contribution in [3.8, 4) is 0 Å². The van der Waals surface area contributed by atoms with E-state index in [1.54, 1.807) is 30.0 Å². The highest BCUT2D eigenvalue weighted by Crippen LogP contribution is 2.28. The van der Waals surface area contributed by atoms with Crippen molar-refractivity contribution in [2.45, 2.75) is 10.6 Å². The predicted molar refractivity (Wildman–Crippen MR) is 126 cm³/mol. The number of nitrogens with zero attached hydrogens (tertiary/aromatic N) is 1. The molecule has 31 heavy (non-hydrogen) atoms. The number of sulfonamides is 1. The lowest BCUT2D eigenvalue weighted by Gasteiger charge is -2.26. The van der Waals surface area contributed by atoms with Gasteiger partial charge in [0.1, 0.15) is 0 Å². The van der Waals surface area contributed by atoms with E-state index < -0.39 is 15.9 Å². The third kappa shape index (κ3) is 6.28. The molecule has 0 bridgehead atoms. The van der Waals surface area contributed by atoms with Crippen molar-refractivity contribution in [2.24, 2.45) is 0 Å². The normalized spacial score (nSPS) is 15.1. The maximum Gasteiger partial charge on any atom is 0.252 e. The van der Waals surface area contributed by atoms with E-state index in [0.29, 0.717) is 41.3 Å². The number of ether oxygens (including phenoxy) is 1. The molecule has 1 saturated heterocycles. The first-order chi connectivity index (χ1) is 14.8. The molecule has 6 nitrogen and oxygen atoms in total. The minimum absolute atomic E-state index is 0.0340. The topological polar surface area (TPSA) is 75.7 Å². The van der Waals surface area contributed by atoms with Gasteiger partial charge in [0.05, 0.1) is 28.7 Å². The summed E-state index contributed by atoms with van der Waals surface area (Å²) >= 11 is 20.0. The lowest BCUT2D eigenvalue weighted by molar-refractivity contribution is 0.0730. The second kappa shape index (κ2) is 11.2. The first-order valence-electron chi connectivity index (χ1n) is 9.47. The molecule has 0 aliphatic carbocycles. The molecular formula is C20H21Cl3N2O4S2. The van der Waals surface area contributed by atoms with Gasteiger partial charge in [-0.3, -0.25) is 4.79 Å². The number of hydrogen-bond donors (Lipinski definition) is 1. The summed E-state index contributed by atoms with van der Waals surface area (Å²) in [6.07, 6.45) is 0. The highest BCUT2D eigenvalue weighted by Gasteiger charge is 2.27. The van der Waals surface area contributed by atoms with Crippen LogP contribution in [0, 0.1) is 0 Å². The largest absolute Gasteiger partial charge is 0.379 e. The molecule has 2 aromatic rings. The molecule has 11 heteroatoms. The van der Waals surface area contributed by atoms with Crippen molar-refractivity contribution < 1.29 is 17.9 Å². The SMILES string of the molecule is O=C(NCCSCc1c(Cl)cccc1Cl)c1cc(S(=O)(=O)N2CCOCC2)ccc1Cl. The molecule has 168 valence electrons. The average Bonchev–Trinajstić information content (AvgIpc) is 2.76. The van der Waals surface area contributed by atoms with Crippen LogP contribution < -0.4 is 5.32 Å². The number of carbonyl (C=O) groups is 1. The number of halogens is 3. The number of amides is 1. The van der Waals surface area contributed by atoms with Crippen LogP contribution in [0.5, 0.6) is 0 Å². The summed E-state index contributed by atoms with van der Waals surface area (Å²) < 4.78 is 32.2. The summed E-state index contributed by atoms with van der Waals surface area (Å²) in [7, 11) is -3.72. The number of benzene rings is 2. The van der Waals surface area contributed by atoms with Crippen LogP contribution in [0.15, 0.2) is 41.3 Å². The summed E-state index contributed by atoms with van der Waals surface area (Å²) in [6.45, 7) is 1.62. The molecule has 0 spiro atoms. The zero-order chi connectivity index (χ0) is 22.4. The molecule has 0 saturated carbocycles. The van der Waals surface area contributed by atoms with Crippen molar-refractivity contribution in [3.63, 3.8) is 0 Å². The summed E-state index contributed by atoms with van der Waals surface area (Å²) in [5, 5.41) is 4.18. The number of thioether (sulfide) groups is 1. The Morgan fingerprint density at radius 3 is 2.42 bits per heavy atom. The number of hydrogen-bond acceptors (Lipinski definition) is 5. The maximum atomic E-state index is 12.8. The summed E-state index contributed by atoms with van der Waals surface area (Å²) in [5.41, 5.74) is 0.973. The first-order valence-corrected chi connectivity index (χ1v) is 13.2. The Hall–Kier alpha value is -1.00. The number of morpholine rings is 1. The van der Waals surface area contributed by atoms with Crippen LogP contribution in [0.3, 0.4) is 0 Å².